The van der Waals surface area contributed by atoms with Crippen molar-refractivity contribution in [3.05, 3.63) is 69.6 Å². The summed E-state index contributed by atoms with van der Waals surface area (Å²) in [4.78, 5) is 37.5. The van der Waals surface area contributed by atoms with Gasteiger partial charge in [0.1, 0.15) is 18.7 Å². The molecular formula is C16H16N2O4. The molecule has 0 unspecified atom stereocenters. The predicted molar refractivity (Wildman–Crippen MR) is 80.4 cm³/mol. The number of H-pyrrole nitrogens is 1. The van der Waals surface area contributed by atoms with E-state index < -0.39 is 17.4 Å². The predicted octanol–water partition coefficient (Wildman–Crippen LogP) is 1.16. The average Bonchev–Trinajstić information content (AvgIpc) is 2.51. The fraction of sp³-hybridized carbons (Fsp3) is 0.188. The molecule has 0 saturated carbocycles. The molecule has 22 heavy (non-hydrogen) atoms. The molecule has 0 aliphatic heterocycles. The number of aromatic nitrogens is 1. The summed E-state index contributed by atoms with van der Waals surface area (Å²) in [6.45, 7) is 1.56. The summed E-state index contributed by atoms with van der Waals surface area (Å²) in [5.74, 6) is -1.18. The maximum absolute atomic E-state index is 11.8. The number of aromatic amines is 1. The standard InChI is InChI=1S/C16H16N2O4/c1-11-7-8-13(16(21)18-11)15(20)17-9-14(19)22-10-12-5-3-2-4-6-12/h2-8H,9-10H2,1H3,(H,17,20)(H,18,21). The van der Waals surface area contributed by atoms with Crippen LogP contribution < -0.4 is 10.9 Å². The Morgan fingerprint density at radius 3 is 2.55 bits per heavy atom. The van der Waals surface area contributed by atoms with Crippen molar-refractivity contribution in [2.45, 2.75) is 13.5 Å². The Hall–Kier alpha value is -2.89. The lowest BCUT2D eigenvalue weighted by Crippen LogP contribution is -2.34. The largest absolute Gasteiger partial charge is 0.460 e. The van der Waals surface area contributed by atoms with Crippen molar-refractivity contribution in [3.63, 3.8) is 0 Å². The van der Waals surface area contributed by atoms with Gasteiger partial charge in [-0.3, -0.25) is 14.4 Å². The van der Waals surface area contributed by atoms with Crippen molar-refractivity contribution >= 4 is 11.9 Å². The third-order valence-electron chi connectivity index (χ3n) is 2.94. The Labute approximate surface area is 127 Å². The molecule has 1 heterocycles. The van der Waals surface area contributed by atoms with Crippen LogP contribution in [0.2, 0.25) is 0 Å². The third kappa shape index (κ3) is 4.31. The van der Waals surface area contributed by atoms with Crippen LogP contribution in [0.3, 0.4) is 0 Å². The number of esters is 1. The Morgan fingerprint density at radius 1 is 1.14 bits per heavy atom. The molecule has 0 aliphatic rings. The SMILES string of the molecule is Cc1ccc(C(=O)NCC(=O)OCc2ccccc2)c(=O)[nH]1. The number of pyridine rings is 1. The molecule has 6 nitrogen and oxygen atoms in total. The van der Waals surface area contributed by atoms with Gasteiger partial charge in [0.25, 0.3) is 11.5 Å². The van der Waals surface area contributed by atoms with E-state index in [1.54, 1.807) is 13.0 Å². The van der Waals surface area contributed by atoms with Gasteiger partial charge in [-0.25, -0.2) is 0 Å². The molecule has 1 aromatic heterocycles. The van der Waals surface area contributed by atoms with Gasteiger partial charge in [-0.15, -0.1) is 0 Å². The number of ether oxygens (including phenoxy) is 1. The zero-order chi connectivity index (χ0) is 15.9. The Bertz CT molecular complexity index is 722. The fourth-order valence-corrected chi connectivity index (χ4v) is 1.79. The van der Waals surface area contributed by atoms with Crippen LogP contribution in [0, 0.1) is 6.92 Å². The lowest BCUT2D eigenvalue weighted by molar-refractivity contribution is -0.143. The van der Waals surface area contributed by atoms with Gasteiger partial charge in [-0.1, -0.05) is 30.3 Å². The summed E-state index contributed by atoms with van der Waals surface area (Å²) in [5, 5.41) is 2.36. The van der Waals surface area contributed by atoms with Gasteiger partial charge < -0.3 is 15.0 Å². The smallest absolute Gasteiger partial charge is 0.325 e. The second-order valence-corrected chi connectivity index (χ2v) is 4.71. The van der Waals surface area contributed by atoms with Gasteiger partial charge in [-0.05, 0) is 24.6 Å². The molecule has 0 atom stereocenters. The Morgan fingerprint density at radius 2 is 1.86 bits per heavy atom. The molecule has 0 spiro atoms. The number of amides is 1. The van der Waals surface area contributed by atoms with Gasteiger partial charge in [-0.2, -0.15) is 0 Å². The Balaban J connectivity index is 1.83. The van der Waals surface area contributed by atoms with Gasteiger partial charge in [0.05, 0.1) is 0 Å². The molecular weight excluding hydrogens is 284 g/mol. The van der Waals surface area contributed by atoms with E-state index >= 15 is 0 Å². The minimum absolute atomic E-state index is 0.0403. The van der Waals surface area contributed by atoms with E-state index in [9.17, 15) is 14.4 Å². The van der Waals surface area contributed by atoms with E-state index in [1.165, 1.54) is 6.07 Å². The van der Waals surface area contributed by atoms with E-state index in [0.717, 1.165) is 5.56 Å². The Kier molecular flexibility index (Phi) is 5.08. The second-order valence-electron chi connectivity index (χ2n) is 4.71. The quantitative estimate of drug-likeness (QED) is 0.811. The van der Waals surface area contributed by atoms with Crippen LogP contribution in [0.5, 0.6) is 0 Å². The van der Waals surface area contributed by atoms with Crippen LogP contribution in [0.1, 0.15) is 21.6 Å². The number of hydrogen-bond acceptors (Lipinski definition) is 4. The van der Waals surface area contributed by atoms with E-state index in [-0.39, 0.29) is 18.7 Å². The topological polar surface area (TPSA) is 88.3 Å². The second kappa shape index (κ2) is 7.21. The van der Waals surface area contributed by atoms with E-state index in [2.05, 4.69) is 10.3 Å². The van der Waals surface area contributed by atoms with Gasteiger partial charge in [0.15, 0.2) is 0 Å². The number of hydrogen-bond donors (Lipinski definition) is 2. The monoisotopic (exact) mass is 300 g/mol. The molecule has 2 N–H and O–H groups in total. The minimum Gasteiger partial charge on any atom is -0.460 e. The summed E-state index contributed by atoms with van der Waals surface area (Å²) in [6.07, 6.45) is 0. The van der Waals surface area contributed by atoms with E-state index in [1.807, 2.05) is 30.3 Å². The molecule has 0 radical (unpaired) electrons. The molecule has 2 rings (SSSR count). The van der Waals surface area contributed by atoms with Crippen LogP contribution in [-0.2, 0) is 16.1 Å². The van der Waals surface area contributed by atoms with E-state index in [4.69, 9.17) is 4.74 Å². The first-order chi connectivity index (χ1) is 10.6. The normalized spacial score (nSPS) is 10.0. The zero-order valence-corrected chi connectivity index (χ0v) is 12.1. The van der Waals surface area contributed by atoms with Gasteiger partial charge >= 0.3 is 5.97 Å². The summed E-state index contributed by atoms with van der Waals surface area (Å²) < 4.78 is 5.02. The average molecular weight is 300 g/mol. The van der Waals surface area contributed by atoms with Crippen molar-refractivity contribution in [1.29, 1.82) is 0 Å². The number of carbonyl (C=O) groups is 2. The fourth-order valence-electron chi connectivity index (χ4n) is 1.79. The highest BCUT2D eigenvalue weighted by Crippen LogP contribution is 2.00. The molecule has 1 amide bonds. The van der Waals surface area contributed by atoms with Gasteiger partial charge in [0, 0.05) is 5.69 Å². The van der Waals surface area contributed by atoms with Crippen molar-refractivity contribution in [2.24, 2.45) is 0 Å². The maximum atomic E-state index is 11.8. The first-order valence-corrected chi connectivity index (χ1v) is 6.74. The molecule has 114 valence electrons. The number of nitrogens with one attached hydrogen (secondary N) is 2. The highest BCUT2D eigenvalue weighted by molar-refractivity contribution is 5.95. The van der Waals surface area contributed by atoms with Crippen molar-refractivity contribution < 1.29 is 14.3 Å². The van der Waals surface area contributed by atoms with Gasteiger partial charge in [0.2, 0.25) is 0 Å². The zero-order valence-electron chi connectivity index (χ0n) is 12.1. The summed E-state index contributed by atoms with van der Waals surface area (Å²) in [5.41, 5.74) is 0.984. The van der Waals surface area contributed by atoms with Crippen molar-refractivity contribution in [1.82, 2.24) is 10.3 Å². The molecule has 0 fully saturated rings. The first kappa shape index (κ1) is 15.5. The molecule has 0 bridgehead atoms. The van der Waals surface area contributed by atoms with Crippen molar-refractivity contribution in [2.75, 3.05) is 6.54 Å². The molecule has 6 heteroatoms. The van der Waals surface area contributed by atoms with E-state index in [0.29, 0.717) is 5.69 Å². The minimum atomic E-state index is -0.613. The molecule has 2 aromatic rings. The van der Waals surface area contributed by atoms with Crippen LogP contribution in [0.4, 0.5) is 0 Å². The number of benzene rings is 1. The van der Waals surface area contributed by atoms with Crippen LogP contribution in [0.25, 0.3) is 0 Å². The third-order valence-corrected chi connectivity index (χ3v) is 2.94. The highest BCUT2D eigenvalue weighted by atomic mass is 16.5. The highest BCUT2D eigenvalue weighted by Gasteiger charge is 2.12. The lowest BCUT2D eigenvalue weighted by atomic mass is 10.2. The molecule has 0 saturated heterocycles. The molecule has 0 aliphatic carbocycles. The summed E-state index contributed by atoms with van der Waals surface area (Å²) >= 11 is 0. The first-order valence-electron chi connectivity index (χ1n) is 6.74. The van der Waals surface area contributed by atoms with Crippen molar-refractivity contribution in [3.8, 4) is 0 Å². The van der Waals surface area contributed by atoms with Crippen LogP contribution in [0.15, 0.2) is 47.3 Å². The molecule has 1 aromatic carbocycles. The number of rotatable bonds is 5. The maximum Gasteiger partial charge on any atom is 0.325 e. The van der Waals surface area contributed by atoms with Crippen LogP contribution >= 0.6 is 0 Å². The summed E-state index contributed by atoms with van der Waals surface area (Å²) in [6, 6.07) is 12.2. The van der Waals surface area contributed by atoms with Crippen LogP contribution in [-0.4, -0.2) is 23.4 Å². The number of carbonyl (C=O) groups excluding carboxylic acids is 2. The summed E-state index contributed by atoms with van der Waals surface area (Å²) in [7, 11) is 0. The number of aryl methyl sites for hydroxylation is 1. The lowest BCUT2D eigenvalue weighted by Gasteiger charge is -2.06.